The van der Waals surface area contributed by atoms with Crippen molar-refractivity contribution in [3.63, 3.8) is 0 Å². The number of ether oxygens (including phenoxy) is 1. The van der Waals surface area contributed by atoms with Crippen molar-refractivity contribution in [2.24, 2.45) is 0 Å². The van der Waals surface area contributed by atoms with Gasteiger partial charge in [0.15, 0.2) is 11.6 Å². The first kappa shape index (κ1) is 26.0. The summed E-state index contributed by atoms with van der Waals surface area (Å²) in [5.41, 5.74) is 1.61. The molecule has 10 nitrogen and oxygen atoms in total. The zero-order valence-electron chi connectivity index (χ0n) is 18.4. The molecule has 0 bridgehead atoms. The second-order valence-corrected chi connectivity index (χ2v) is 10.1. The molecule has 0 atom stereocenters. The molecule has 0 unspecified atom stereocenters. The maximum absolute atomic E-state index is 13.1. The predicted molar refractivity (Wildman–Crippen MR) is 123 cm³/mol. The fourth-order valence-electron chi connectivity index (χ4n) is 3.76. The second kappa shape index (κ2) is 10.1. The summed E-state index contributed by atoms with van der Waals surface area (Å²) in [5.74, 6) is -0.840. The second-order valence-electron chi connectivity index (χ2n) is 7.99. The van der Waals surface area contributed by atoms with E-state index in [1.807, 2.05) is 0 Å². The largest absolute Gasteiger partial charge is 0.451 e. The van der Waals surface area contributed by atoms with Crippen LogP contribution in [0, 0.1) is 0 Å². The third-order valence-electron chi connectivity index (χ3n) is 5.43. The molecule has 4 rings (SSSR count). The Morgan fingerprint density at radius 1 is 1.25 bits per heavy atom. The Bertz CT molecular complexity index is 1370. The lowest BCUT2D eigenvalue weighted by molar-refractivity contribution is -0.186. The number of hydrogen-bond donors (Lipinski definition) is 3. The van der Waals surface area contributed by atoms with E-state index in [0.717, 1.165) is 0 Å². The Kier molecular flexibility index (Phi) is 7.31. The summed E-state index contributed by atoms with van der Waals surface area (Å²) in [6.45, 7) is -0.742. The molecule has 1 aliphatic rings. The topological polar surface area (TPSA) is 134 Å². The van der Waals surface area contributed by atoms with Gasteiger partial charge in [-0.3, -0.25) is 14.7 Å². The monoisotopic (exact) mass is 548 g/mol. The summed E-state index contributed by atoms with van der Waals surface area (Å²) < 4.78 is 76.2. The van der Waals surface area contributed by atoms with Gasteiger partial charge in [0.25, 0.3) is 10.0 Å². The number of hydroxylamine groups is 1. The smallest absolute Gasteiger partial charge is 0.411 e. The Morgan fingerprint density at radius 3 is 2.64 bits per heavy atom. The number of fused-ring (bicyclic) bond motifs is 1. The number of nitrogens with zero attached hydrogens (tertiary/aromatic N) is 2. The number of carbonyl (C=O) groups excluding carboxylic acids is 1. The number of carbonyl (C=O) groups is 1. The Balaban J connectivity index is 1.53. The van der Waals surface area contributed by atoms with Crippen molar-refractivity contribution in [3.05, 3.63) is 47.3 Å². The molecule has 1 aromatic carbocycles. The van der Waals surface area contributed by atoms with Crippen molar-refractivity contribution in [3.8, 4) is 0 Å². The molecule has 15 heteroatoms. The number of amides is 1. The van der Waals surface area contributed by atoms with Gasteiger partial charge in [0.1, 0.15) is 12.2 Å². The SMILES string of the molecule is O=C(NO)c1cc2ccc(S(=O)(=O)Nc3cc(Cl)cnc3N3CCC(OCC(F)(F)F)CC3)cc2o1. The molecule has 194 valence electrons. The number of alkyl halides is 3. The molecule has 0 spiro atoms. The van der Waals surface area contributed by atoms with E-state index in [9.17, 15) is 26.4 Å². The van der Waals surface area contributed by atoms with Gasteiger partial charge in [-0.25, -0.2) is 18.9 Å². The van der Waals surface area contributed by atoms with Crippen molar-refractivity contribution in [1.82, 2.24) is 10.5 Å². The van der Waals surface area contributed by atoms with Crippen LogP contribution in [0.4, 0.5) is 24.7 Å². The molecule has 36 heavy (non-hydrogen) atoms. The molecule has 0 saturated carbocycles. The average Bonchev–Trinajstić information content (AvgIpc) is 3.26. The molecular weight excluding hydrogens is 529 g/mol. The normalized spacial score (nSPS) is 15.3. The third kappa shape index (κ3) is 6.00. The van der Waals surface area contributed by atoms with E-state index in [4.69, 9.17) is 26.0 Å². The van der Waals surface area contributed by atoms with E-state index in [2.05, 4.69) is 9.71 Å². The van der Waals surface area contributed by atoms with Crippen LogP contribution in [0.5, 0.6) is 0 Å². The van der Waals surface area contributed by atoms with Crippen LogP contribution in [0.15, 0.2) is 45.8 Å². The van der Waals surface area contributed by atoms with Gasteiger partial charge < -0.3 is 14.1 Å². The van der Waals surface area contributed by atoms with Crippen molar-refractivity contribution in [2.75, 3.05) is 29.3 Å². The van der Waals surface area contributed by atoms with Crippen LogP contribution in [0.3, 0.4) is 0 Å². The van der Waals surface area contributed by atoms with Crippen LogP contribution in [-0.2, 0) is 14.8 Å². The number of halogens is 4. The molecule has 0 radical (unpaired) electrons. The summed E-state index contributed by atoms with van der Waals surface area (Å²) in [5, 5.41) is 9.36. The minimum Gasteiger partial charge on any atom is -0.451 e. The average molecular weight is 549 g/mol. The molecule has 0 aliphatic carbocycles. The Hall–Kier alpha value is -3.07. The minimum absolute atomic E-state index is 0.0806. The highest BCUT2D eigenvalue weighted by Gasteiger charge is 2.31. The van der Waals surface area contributed by atoms with Crippen molar-refractivity contribution < 1.29 is 40.7 Å². The highest BCUT2D eigenvalue weighted by molar-refractivity contribution is 7.92. The van der Waals surface area contributed by atoms with Crippen LogP contribution < -0.4 is 15.1 Å². The molecule has 2 aromatic heterocycles. The molecular formula is C21H20ClF3N4O6S. The van der Waals surface area contributed by atoms with Gasteiger partial charge in [-0.2, -0.15) is 13.2 Å². The standard InChI is InChI=1S/C21H20ClF3N4O6S/c22-13-8-16(19(26-10-13)29-5-3-14(4-6-29)34-11-21(23,24)25)28-36(32,33)15-2-1-12-7-18(20(30)27-31)35-17(12)9-15/h1-2,7-10,14,28,31H,3-6,11H2,(H,27,30). The number of sulfonamides is 1. The molecule has 1 aliphatic heterocycles. The zero-order valence-corrected chi connectivity index (χ0v) is 20.0. The number of nitrogens with one attached hydrogen (secondary N) is 2. The number of rotatable bonds is 7. The summed E-state index contributed by atoms with van der Waals surface area (Å²) in [6.07, 6.45) is -3.06. The lowest BCUT2D eigenvalue weighted by Crippen LogP contribution is -2.39. The van der Waals surface area contributed by atoms with Gasteiger partial charge in [0.2, 0.25) is 0 Å². The molecule has 3 N–H and O–H groups in total. The van der Waals surface area contributed by atoms with Gasteiger partial charge in [-0.1, -0.05) is 11.6 Å². The number of piperidine rings is 1. The van der Waals surface area contributed by atoms with E-state index in [0.29, 0.717) is 31.3 Å². The molecule has 1 fully saturated rings. The number of hydrogen-bond acceptors (Lipinski definition) is 8. The fourth-order valence-corrected chi connectivity index (χ4v) is 4.98. The van der Waals surface area contributed by atoms with E-state index in [-0.39, 0.29) is 32.8 Å². The van der Waals surface area contributed by atoms with Gasteiger partial charge in [0.05, 0.1) is 21.7 Å². The van der Waals surface area contributed by atoms with Gasteiger partial charge in [-0.15, -0.1) is 0 Å². The number of anilines is 2. The van der Waals surface area contributed by atoms with Crippen molar-refractivity contribution >= 4 is 50.0 Å². The predicted octanol–water partition coefficient (Wildman–Crippen LogP) is 3.95. The summed E-state index contributed by atoms with van der Waals surface area (Å²) >= 11 is 6.05. The molecule has 1 saturated heterocycles. The maximum atomic E-state index is 13.1. The van der Waals surface area contributed by atoms with Crippen molar-refractivity contribution in [1.29, 1.82) is 0 Å². The number of furan rings is 1. The van der Waals surface area contributed by atoms with Crippen LogP contribution in [0.1, 0.15) is 23.4 Å². The number of aromatic nitrogens is 1. The quantitative estimate of drug-likeness (QED) is 0.298. The highest BCUT2D eigenvalue weighted by atomic mass is 35.5. The summed E-state index contributed by atoms with van der Waals surface area (Å²) in [4.78, 5) is 17.3. The minimum atomic E-state index is -4.41. The van der Waals surface area contributed by atoms with Gasteiger partial charge in [0, 0.05) is 30.7 Å². The number of benzene rings is 1. The van der Waals surface area contributed by atoms with Crippen LogP contribution in [0.2, 0.25) is 5.02 Å². The van der Waals surface area contributed by atoms with Crippen LogP contribution >= 0.6 is 11.6 Å². The fraction of sp³-hybridized carbons (Fsp3) is 0.333. The Morgan fingerprint density at radius 2 is 1.97 bits per heavy atom. The molecule has 1 amide bonds. The summed E-state index contributed by atoms with van der Waals surface area (Å²) in [7, 11) is -4.17. The molecule has 3 heterocycles. The van der Waals surface area contributed by atoms with E-state index in [1.165, 1.54) is 42.0 Å². The van der Waals surface area contributed by atoms with E-state index >= 15 is 0 Å². The highest BCUT2D eigenvalue weighted by Crippen LogP contribution is 2.32. The number of pyridine rings is 1. The first-order chi connectivity index (χ1) is 16.9. The van der Waals surface area contributed by atoms with E-state index < -0.39 is 34.8 Å². The Labute approximate surface area is 208 Å². The lowest BCUT2D eigenvalue weighted by Gasteiger charge is -2.33. The van der Waals surface area contributed by atoms with Gasteiger partial charge >= 0.3 is 12.1 Å². The molecule has 3 aromatic rings. The van der Waals surface area contributed by atoms with Gasteiger partial charge in [-0.05, 0) is 37.1 Å². The van der Waals surface area contributed by atoms with Crippen LogP contribution in [0.25, 0.3) is 11.0 Å². The maximum Gasteiger partial charge on any atom is 0.411 e. The first-order valence-corrected chi connectivity index (χ1v) is 12.4. The first-order valence-electron chi connectivity index (χ1n) is 10.5. The van der Waals surface area contributed by atoms with Crippen molar-refractivity contribution in [2.45, 2.75) is 30.0 Å². The van der Waals surface area contributed by atoms with E-state index in [1.54, 1.807) is 4.90 Å². The van der Waals surface area contributed by atoms with Crippen LogP contribution in [-0.4, -0.2) is 56.5 Å². The third-order valence-corrected chi connectivity index (χ3v) is 7.00. The zero-order chi connectivity index (χ0) is 26.1. The lowest BCUT2D eigenvalue weighted by atomic mass is 10.1. The summed E-state index contributed by atoms with van der Waals surface area (Å²) in [6, 6.07) is 6.67.